The molecule has 6 nitrogen and oxygen atoms in total. The van der Waals surface area contributed by atoms with Gasteiger partial charge in [-0.05, 0) is 19.1 Å². The summed E-state index contributed by atoms with van der Waals surface area (Å²) in [6.07, 6.45) is -0.107. The minimum Gasteiger partial charge on any atom is -0.484 e. The zero-order chi connectivity index (χ0) is 15.9. The van der Waals surface area contributed by atoms with Crippen LogP contribution in [0.25, 0.3) is 0 Å². The van der Waals surface area contributed by atoms with Crippen molar-refractivity contribution in [3.8, 4) is 11.8 Å². The summed E-state index contributed by atoms with van der Waals surface area (Å²) in [6, 6.07) is 9.38. The quantitative estimate of drug-likeness (QED) is 0.830. The van der Waals surface area contributed by atoms with Gasteiger partial charge >= 0.3 is 0 Å². The molecule has 0 unspecified atom stereocenters. The number of nitriles is 1. The second kappa shape index (κ2) is 7.46. The molecule has 0 spiro atoms. The van der Waals surface area contributed by atoms with E-state index in [4.69, 9.17) is 10.00 Å². The number of carbonyl (C=O) groups is 2. The molecule has 2 amide bonds. The Kier molecular flexibility index (Phi) is 5.37. The Morgan fingerprint density at radius 3 is 2.18 bits per heavy atom. The Morgan fingerprint density at radius 1 is 1.09 bits per heavy atom. The van der Waals surface area contributed by atoms with Gasteiger partial charge in [0, 0.05) is 26.2 Å². The SMILES string of the molecule is Cc1ccc(OCC(=O)N2CCN(C(=O)CC#N)CC2)cc1. The molecule has 1 aromatic rings. The molecule has 0 radical (unpaired) electrons. The summed E-state index contributed by atoms with van der Waals surface area (Å²) in [5, 5.41) is 8.52. The van der Waals surface area contributed by atoms with Gasteiger partial charge in [-0.1, -0.05) is 17.7 Å². The molecule has 1 saturated heterocycles. The summed E-state index contributed by atoms with van der Waals surface area (Å²) in [6.45, 7) is 3.88. The molecule has 6 heteroatoms. The molecule has 0 saturated carbocycles. The molecule has 0 N–H and O–H groups in total. The molecule has 0 bridgehead atoms. The largest absolute Gasteiger partial charge is 0.484 e. The molecule has 0 atom stereocenters. The van der Waals surface area contributed by atoms with E-state index in [0.29, 0.717) is 31.9 Å². The highest BCUT2D eigenvalue weighted by Gasteiger charge is 2.23. The molecular formula is C16H19N3O3. The van der Waals surface area contributed by atoms with Crippen LogP contribution in [-0.2, 0) is 9.59 Å². The Bertz CT molecular complexity index is 569. The van der Waals surface area contributed by atoms with E-state index in [-0.39, 0.29) is 24.8 Å². The summed E-state index contributed by atoms with van der Waals surface area (Å²) in [5.41, 5.74) is 1.14. The van der Waals surface area contributed by atoms with Crippen molar-refractivity contribution < 1.29 is 14.3 Å². The molecule has 1 aromatic carbocycles. The second-order valence-electron chi connectivity index (χ2n) is 5.20. The van der Waals surface area contributed by atoms with E-state index in [0.717, 1.165) is 5.56 Å². The van der Waals surface area contributed by atoms with Crippen molar-refractivity contribution in [2.24, 2.45) is 0 Å². The molecule has 22 heavy (non-hydrogen) atoms. The van der Waals surface area contributed by atoms with Crippen LogP contribution in [0, 0.1) is 18.3 Å². The maximum atomic E-state index is 12.1. The molecular weight excluding hydrogens is 282 g/mol. The average molecular weight is 301 g/mol. The first-order chi connectivity index (χ1) is 10.6. The van der Waals surface area contributed by atoms with Crippen molar-refractivity contribution >= 4 is 11.8 Å². The van der Waals surface area contributed by atoms with E-state index in [1.165, 1.54) is 0 Å². The van der Waals surface area contributed by atoms with Crippen LogP contribution in [0.15, 0.2) is 24.3 Å². The molecule has 2 rings (SSSR count). The summed E-state index contributed by atoms with van der Waals surface area (Å²) in [4.78, 5) is 27.0. The summed E-state index contributed by atoms with van der Waals surface area (Å²) < 4.78 is 5.47. The van der Waals surface area contributed by atoms with E-state index in [1.807, 2.05) is 37.3 Å². The van der Waals surface area contributed by atoms with Crippen LogP contribution in [0.2, 0.25) is 0 Å². The molecule has 0 aromatic heterocycles. The number of carbonyl (C=O) groups excluding carboxylic acids is 2. The number of aryl methyl sites for hydroxylation is 1. The smallest absolute Gasteiger partial charge is 0.260 e. The number of rotatable bonds is 4. The van der Waals surface area contributed by atoms with Crippen LogP contribution in [0.1, 0.15) is 12.0 Å². The van der Waals surface area contributed by atoms with Gasteiger partial charge in [0.1, 0.15) is 12.2 Å². The first kappa shape index (κ1) is 15.8. The summed E-state index contributed by atoms with van der Waals surface area (Å²) in [7, 11) is 0. The van der Waals surface area contributed by atoms with Crippen LogP contribution in [0.4, 0.5) is 0 Å². The van der Waals surface area contributed by atoms with Crippen molar-refractivity contribution in [2.75, 3.05) is 32.8 Å². The number of piperazine rings is 1. The van der Waals surface area contributed by atoms with E-state index in [9.17, 15) is 9.59 Å². The van der Waals surface area contributed by atoms with Crippen molar-refractivity contribution in [1.82, 2.24) is 9.80 Å². The number of benzene rings is 1. The molecule has 1 fully saturated rings. The van der Waals surface area contributed by atoms with Gasteiger partial charge in [-0.15, -0.1) is 0 Å². The van der Waals surface area contributed by atoms with Gasteiger partial charge in [0.15, 0.2) is 6.61 Å². The number of hydrogen-bond acceptors (Lipinski definition) is 4. The standard InChI is InChI=1S/C16H19N3O3/c1-13-2-4-14(5-3-13)22-12-16(21)19-10-8-18(9-11-19)15(20)6-7-17/h2-5H,6,8-12H2,1H3. The molecule has 1 aliphatic heterocycles. The maximum absolute atomic E-state index is 12.1. The Labute approximate surface area is 129 Å². The van der Waals surface area contributed by atoms with Crippen LogP contribution < -0.4 is 4.74 Å². The highest BCUT2D eigenvalue weighted by Crippen LogP contribution is 2.12. The maximum Gasteiger partial charge on any atom is 0.260 e. The monoisotopic (exact) mass is 301 g/mol. The van der Waals surface area contributed by atoms with Gasteiger partial charge in [0.25, 0.3) is 5.91 Å². The minimum absolute atomic E-state index is 0.00476. The third-order valence-electron chi connectivity index (χ3n) is 3.60. The van der Waals surface area contributed by atoms with E-state index < -0.39 is 0 Å². The number of ether oxygens (including phenoxy) is 1. The van der Waals surface area contributed by atoms with Crippen LogP contribution >= 0.6 is 0 Å². The van der Waals surface area contributed by atoms with Crippen molar-refractivity contribution in [3.05, 3.63) is 29.8 Å². The lowest BCUT2D eigenvalue weighted by molar-refractivity contribution is -0.140. The number of hydrogen-bond donors (Lipinski definition) is 0. The Morgan fingerprint density at radius 2 is 1.64 bits per heavy atom. The Hall–Kier alpha value is -2.55. The third-order valence-corrected chi connectivity index (χ3v) is 3.60. The van der Waals surface area contributed by atoms with E-state index >= 15 is 0 Å². The van der Waals surface area contributed by atoms with Gasteiger partial charge in [-0.2, -0.15) is 5.26 Å². The number of amides is 2. The second-order valence-corrected chi connectivity index (χ2v) is 5.20. The van der Waals surface area contributed by atoms with Crippen molar-refractivity contribution in [2.45, 2.75) is 13.3 Å². The molecule has 0 aliphatic carbocycles. The predicted octanol–water partition coefficient (Wildman–Crippen LogP) is 0.958. The van der Waals surface area contributed by atoms with Crippen molar-refractivity contribution in [3.63, 3.8) is 0 Å². The lowest BCUT2D eigenvalue weighted by atomic mass is 10.2. The normalized spacial score (nSPS) is 14.4. The van der Waals surface area contributed by atoms with Crippen molar-refractivity contribution in [1.29, 1.82) is 5.26 Å². The Balaban J connectivity index is 1.76. The fourth-order valence-corrected chi connectivity index (χ4v) is 2.26. The van der Waals surface area contributed by atoms with Gasteiger partial charge in [-0.3, -0.25) is 9.59 Å². The lowest BCUT2D eigenvalue weighted by Gasteiger charge is -2.34. The van der Waals surface area contributed by atoms with Gasteiger partial charge in [0.05, 0.1) is 6.07 Å². The first-order valence-electron chi connectivity index (χ1n) is 7.22. The molecule has 1 heterocycles. The fraction of sp³-hybridized carbons (Fsp3) is 0.438. The zero-order valence-corrected chi connectivity index (χ0v) is 12.6. The van der Waals surface area contributed by atoms with Crippen LogP contribution in [-0.4, -0.2) is 54.4 Å². The third kappa shape index (κ3) is 4.22. The minimum atomic E-state index is -0.175. The molecule has 116 valence electrons. The average Bonchev–Trinajstić information content (AvgIpc) is 2.54. The van der Waals surface area contributed by atoms with E-state index in [2.05, 4.69) is 0 Å². The highest BCUT2D eigenvalue weighted by molar-refractivity contribution is 5.80. The molecule has 1 aliphatic rings. The zero-order valence-electron chi connectivity index (χ0n) is 12.6. The topological polar surface area (TPSA) is 73.6 Å². The van der Waals surface area contributed by atoms with Gasteiger partial charge < -0.3 is 14.5 Å². The summed E-state index contributed by atoms with van der Waals surface area (Å²) >= 11 is 0. The summed E-state index contributed by atoms with van der Waals surface area (Å²) in [5.74, 6) is 0.403. The highest BCUT2D eigenvalue weighted by atomic mass is 16.5. The lowest BCUT2D eigenvalue weighted by Crippen LogP contribution is -2.51. The predicted molar refractivity (Wildman–Crippen MR) is 80.1 cm³/mol. The van der Waals surface area contributed by atoms with Gasteiger partial charge in [-0.25, -0.2) is 0 Å². The fourth-order valence-electron chi connectivity index (χ4n) is 2.26. The van der Waals surface area contributed by atoms with Gasteiger partial charge in [0.2, 0.25) is 5.91 Å². The number of nitrogens with zero attached hydrogens (tertiary/aromatic N) is 3. The van der Waals surface area contributed by atoms with E-state index in [1.54, 1.807) is 9.80 Å². The van der Waals surface area contributed by atoms with Crippen LogP contribution in [0.5, 0.6) is 5.75 Å². The first-order valence-corrected chi connectivity index (χ1v) is 7.22. The van der Waals surface area contributed by atoms with Crippen LogP contribution in [0.3, 0.4) is 0 Å².